The Kier molecular flexibility index (Phi) is 5.20. The lowest BCUT2D eigenvalue weighted by Gasteiger charge is -2.16. The molecule has 5 nitrogen and oxygen atoms in total. The first-order valence-corrected chi connectivity index (χ1v) is 9.22. The second kappa shape index (κ2) is 6.93. The molecule has 2 aromatic rings. The molecule has 0 aliphatic heterocycles. The summed E-state index contributed by atoms with van der Waals surface area (Å²) in [5.74, 6) is -0.0745. The minimum Gasteiger partial charge on any atom is -0.342 e. The van der Waals surface area contributed by atoms with Gasteiger partial charge in [0.2, 0.25) is 0 Å². The maximum absolute atomic E-state index is 12.1. The van der Waals surface area contributed by atoms with E-state index >= 15 is 0 Å². The number of rotatable bonds is 6. The van der Waals surface area contributed by atoms with Gasteiger partial charge in [-0.25, -0.2) is 8.42 Å². The first-order chi connectivity index (χ1) is 10.4. The molecule has 0 bridgehead atoms. The normalized spacial score (nSPS) is 11.2. The summed E-state index contributed by atoms with van der Waals surface area (Å²) in [5, 5.41) is 1.71. The molecule has 1 heterocycles. The Balaban J connectivity index is 2.11. The van der Waals surface area contributed by atoms with Crippen molar-refractivity contribution in [2.45, 2.75) is 17.6 Å². The molecule has 0 aliphatic carbocycles. The SMILES string of the molecule is CCCN(C)C(=O)c1ccc(NS(=O)(=O)c2cccs2)cc1. The lowest BCUT2D eigenvalue weighted by molar-refractivity contribution is 0.0795. The van der Waals surface area contributed by atoms with Crippen LogP contribution in [-0.2, 0) is 10.0 Å². The lowest BCUT2D eigenvalue weighted by Crippen LogP contribution is -2.27. The molecule has 0 fully saturated rings. The predicted octanol–water partition coefficient (Wildman–Crippen LogP) is 3.03. The summed E-state index contributed by atoms with van der Waals surface area (Å²) >= 11 is 1.16. The zero-order valence-corrected chi connectivity index (χ0v) is 14.1. The highest BCUT2D eigenvalue weighted by molar-refractivity contribution is 7.94. The third-order valence-electron chi connectivity index (χ3n) is 3.05. The second-order valence-corrected chi connectivity index (χ2v) is 7.70. The number of nitrogens with one attached hydrogen (secondary N) is 1. The maximum Gasteiger partial charge on any atom is 0.271 e. The molecule has 118 valence electrons. The highest BCUT2D eigenvalue weighted by Crippen LogP contribution is 2.20. The number of carbonyl (C=O) groups excluding carboxylic acids is 1. The average Bonchev–Trinajstić information content (AvgIpc) is 3.02. The Morgan fingerprint density at radius 3 is 2.45 bits per heavy atom. The molecule has 0 unspecified atom stereocenters. The molecular formula is C15H18N2O3S2. The standard InChI is InChI=1S/C15H18N2O3S2/c1-3-10-17(2)15(18)12-6-8-13(9-7-12)16-22(19,20)14-5-4-11-21-14/h4-9,11,16H,3,10H2,1-2H3. The van der Waals surface area contributed by atoms with E-state index in [4.69, 9.17) is 0 Å². The van der Waals surface area contributed by atoms with Gasteiger partial charge in [-0.05, 0) is 42.1 Å². The molecule has 0 atom stereocenters. The van der Waals surface area contributed by atoms with Crippen LogP contribution in [0.1, 0.15) is 23.7 Å². The van der Waals surface area contributed by atoms with Gasteiger partial charge >= 0.3 is 0 Å². The fourth-order valence-corrected chi connectivity index (χ4v) is 4.01. The Hall–Kier alpha value is -1.86. The Morgan fingerprint density at radius 2 is 1.91 bits per heavy atom. The van der Waals surface area contributed by atoms with Gasteiger partial charge in [0.15, 0.2) is 0 Å². The van der Waals surface area contributed by atoms with Crippen LogP contribution in [0, 0.1) is 0 Å². The van der Waals surface area contributed by atoms with E-state index in [0.29, 0.717) is 17.8 Å². The zero-order chi connectivity index (χ0) is 16.2. The number of benzene rings is 1. The monoisotopic (exact) mass is 338 g/mol. The molecule has 1 amide bonds. The molecule has 7 heteroatoms. The molecule has 2 rings (SSSR count). The van der Waals surface area contributed by atoms with Crippen LogP contribution in [-0.4, -0.2) is 32.8 Å². The molecule has 1 aromatic carbocycles. The van der Waals surface area contributed by atoms with E-state index in [2.05, 4.69) is 4.72 Å². The fourth-order valence-electron chi connectivity index (χ4n) is 1.96. The van der Waals surface area contributed by atoms with Crippen LogP contribution in [0.25, 0.3) is 0 Å². The van der Waals surface area contributed by atoms with Crippen molar-refractivity contribution in [3.05, 3.63) is 47.3 Å². The number of thiophene rings is 1. The lowest BCUT2D eigenvalue weighted by atomic mass is 10.2. The quantitative estimate of drug-likeness (QED) is 0.880. The third-order valence-corrected chi connectivity index (χ3v) is 5.83. The number of anilines is 1. The molecular weight excluding hydrogens is 320 g/mol. The number of sulfonamides is 1. The molecule has 0 aliphatic rings. The summed E-state index contributed by atoms with van der Waals surface area (Å²) < 4.78 is 27.0. The van der Waals surface area contributed by atoms with Crippen LogP contribution in [0.15, 0.2) is 46.0 Å². The summed E-state index contributed by atoms with van der Waals surface area (Å²) in [4.78, 5) is 13.8. The van der Waals surface area contributed by atoms with E-state index in [9.17, 15) is 13.2 Å². The van der Waals surface area contributed by atoms with Crippen LogP contribution in [0.2, 0.25) is 0 Å². The molecule has 22 heavy (non-hydrogen) atoms. The highest BCUT2D eigenvalue weighted by atomic mass is 32.2. The zero-order valence-electron chi connectivity index (χ0n) is 12.4. The third kappa shape index (κ3) is 3.86. The fraction of sp³-hybridized carbons (Fsp3) is 0.267. The van der Waals surface area contributed by atoms with Gasteiger partial charge in [0.1, 0.15) is 4.21 Å². The average molecular weight is 338 g/mol. The number of nitrogens with zero attached hydrogens (tertiary/aromatic N) is 1. The van der Waals surface area contributed by atoms with Crippen LogP contribution in [0.3, 0.4) is 0 Å². The van der Waals surface area contributed by atoms with Crippen LogP contribution < -0.4 is 4.72 Å². The van der Waals surface area contributed by atoms with E-state index < -0.39 is 10.0 Å². The van der Waals surface area contributed by atoms with E-state index in [1.165, 1.54) is 0 Å². The van der Waals surface area contributed by atoms with Crippen LogP contribution >= 0.6 is 11.3 Å². The van der Waals surface area contributed by atoms with Gasteiger partial charge in [-0.1, -0.05) is 13.0 Å². The topological polar surface area (TPSA) is 66.5 Å². The number of hydrogen-bond acceptors (Lipinski definition) is 4. The summed E-state index contributed by atoms with van der Waals surface area (Å²) in [6, 6.07) is 9.67. The Bertz CT molecular complexity index is 723. The van der Waals surface area contributed by atoms with Crippen molar-refractivity contribution in [3.63, 3.8) is 0 Å². The molecule has 0 spiro atoms. The van der Waals surface area contributed by atoms with Crippen molar-refractivity contribution in [1.82, 2.24) is 4.90 Å². The maximum atomic E-state index is 12.1. The highest BCUT2D eigenvalue weighted by Gasteiger charge is 2.16. The minimum absolute atomic E-state index is 0.0745. The predicted molar refractivity (Wildman–Crippen MR) is 88.8 cm³/mol. The summed E-state index contributed by atoms with van der Waals surface area (Å²) in [6.07, 6.45) is 0.890. The first kappa shape index (κ1) is 16.5. The van der Waals surface area contributed by atoms with Crippen molar-refractivity contribution in [2.75, 3.05) is 18.3 Å². The Labute approximate surface area is 134 Å². The summed E-state index contributed by atoms with van der Waals surface area (Å²) in [7, 11) is -1.81. The van der Waals surface area contributed by atoms with Gasteiger partial charge in [0.05, 0.1) is 0 Å². The number of amides is 1. The van der Waals surface area contributed by atoms with Gasteiger partial charge in [-0.2, -0.15) is 0 Å². The molecule has 0 radical (unpaired) electrons. The minimum atomic E-state index is -3.55. The van der Waals surface area contributed by atoms with Gasteiger partial charge in [-0.3, -0.25) is 9.52 Å². The number of carbonyl (C=O) groups is 1. The van der Waals surface area contributed by atoms with Gasteiger partial charge in [-0.15, -0.1) is 11.3 Å². The van der Waals surface area contributed by atoms with E-state index in [-0.39, 0.29) is 10.1 Å². The van der Waals surface area contributed by atoms with Gasteiger partial charge < -0.3 is 4.90 Å². The number of hydrogen-bond donors (Lipinski definition) is 1. The van der Waals surface area contributed by atoms with Crippen molar-refractivity contribution in [1.29, 1.82) is 0 Å². The van der Waals surface area contributed by atoms with Crippen molar-refractivity contribution in [2.24, 2.45) is 0 Å². The van der Waals surface area contributed by atoms with E-state index in [1.807, 2.05) is 6.92 Å². The smallest absolute Gasteiger partial charge is 0.271 e. The van der Waals surface area contributed by atoms with Gasteiger partial charge in [0, 0.05) is 24.8 Å². The summed E-state index contributed by atoms with van der Waals surface area (Å²) in [6.45, 7) is 2.69. The van der Waals surface area contributed by atoms with Crippen molar-refractivity contribution < 1.29 is 13.2 Å². The molecule has 1 aromatic heterocycles. The van der Waals surface area contributed by atoms with Crippen molar-refractivity contribution in [3.8, 4) is 0 Å². The molecule has 1 N–H and O–H groups in total. The Morgan fingerprint density at radius 1 is 1.23 bits per heavy atom. The second-order valence-electron chi connectivity index (χ2n) is 4.84. The van der Waals surface area contributed by atoms with Crippen molar-refractivity contribution >= 4 is 33.0 Å². The van der Waals surface area contributed by atoms with E-state index in [1.54, 1.807) is 53.7 Å². The van der Waals surface area contributed by atoms with Crippen LogP contribution in [0.5, 0.6) is 0 Å². The molecule has 0 saturated carbocycles. The van der Waals surface area contributed by atoms with Crippen LogP contribution in [0.4, 0.5) is 5.69 Å². The molecule has 0 saturated heterocycles. The van der Waals surface area contributed by atoms with Gasteiger partial charge in [0.25, 0.3) is 15.9 Å². The van der Waals surface area contributed by atoms with E-state index in [0.717, 1.165) is 17.8 Å². The largest absolute Gasteiger partial charge is 0.342 e. The summed E-state index contributed by atoms with van der Waals surface area (Å²) in [5.41, 5.74) is 0.970. The first-order valence-electron chi connectivity index (χ1n) is 6.86.